The third kappa shape index (κ3) is 4.11. The number of benzene rings is 1. The van der Waals surface area contributed by atoms with Crippen molar-refractivity contribution in [2.75, 3.05) is 0 Å². The first-order valence-electron chi connectivity index (χ1n) is 8.88. The fourth-order valence-corrected chi connectivity index (χ4v) is 3.54. The van der Waals surface area contributed by atoms with Crippen LogP contribution in [-0.2, 0) is 32.1 Å². The van der Waals surface area contributed by atoms with Gasteiger partial charge in [0.05, 0.1) is 0 Å². The zero-order chi connectivity index (χ0) is 15.0. The Bertz CT molecular complexity index is 401. The van der Waals surface area contributed by atoms with Crippen molar-refractivity contribution in [3.63, 3.8) is 0 Å². The van der Waals surface area contributed by atoms with Gasteiger partial charge in [-0.3, -0.25) is 0 Å². The fraction of sp³-hybridized carbons (Fsp3) is 0.700. The first-order valence-corrected chi connectivity index (χ1v) is 8.88. The Labute approximate surface area is 127 Å². The maximum absolute atomic E-state index is 2.53. The summed E-state index contributed by atoms with van der Waals surface area (Å²) in [4.78, 5) is 0. The molecular weight excluding hydrogens is 240 g/mol. The minimum Gasteiger partial charge on any atom is -0.0654 e. The van der Waals surface area contributed by atoms with Crippen LogP contribution in [0.5, 0.6) is 0 Å². The number of hydrogen-bond donors (Lipinski definition) is 0. The van der Waals surface area contributed by atoms with Crippen LogP contribution in [0, 0.1) is 0 Å². The second-order valence-corrected chi connectivity index (χ2v) is 5.86. The first kappa shape index (κ1) is 17.3. The lowest BCUT2D eigenvalue weighted by Crippen LogP contribution is -2.07. The van der Waals surface area contributed by atoms with E-state index in [4.69, 9.17) is 0 Å². The van der Waals surface area contributed by atoms with Gasteiger partial charge in [0.1, 0.15) is 0 Å². The van der Waals surface area contributed by atoms with Crippen molar-refractivity contribution in [3.8, 4) is 0 Å². The number of unbranched alkanes of at least 4 members (excludes halogenated alkanes) is 3. The lowest BCUT2D eigenvalue weighted by atomic mass is 9.85. The molecule has 0 aliphatic heterocycles. The van der Waals surface area contributed by atoms with E-state index in [0.717, 1.165) is 0 Å². The molecule has 0 aromatic heterocycles. The van der Waals surface area contributed by atoms with Crippen molar-refractivity contribution < 1.29 is 0 Å². The lowest BCUT2D eigenvalue weighted by Gasteiger charge is -2.20. The third-order valence-corrected chi connectivity index (χ3v) is 4.59. The van der Waals surface area contributed by atoms with Crippen LogP contribution >= 0.6 is 0 Å². The van der Waals surface area contributed by atoms with Crippen molar-refractivity contribution in [1.82, 2.24) is 0 Å². The Kier molecular flexibility index (Phi) is 7.95. The molecule has 0 heterocycles. The van der Waals surface area contributed by atoms with Crippen LogP contribution in [0.1, 0.15) is 88.1 Å². The summed E-state index contributed by atoms with van der Waals surface area (Å²) in [6, 6.07) is 2.53. The topological polar surface area (TPSA) is 0 Å². The van der Waals surface area contributed by atoms with Gasteiger partial charge in [-0.15, -0.1) is 0 Å². The molecule has 1 rings (SSSR count). The predicted octanol–water partition coefficient (Wildman–Crippen LogP) is 6.06. The van der Waals surface area contributed by atoms with E-state index in [1.165, 1.54) is 57.8 Å². The highest BCUT2D eigenvalue weighted by Crippen LogP contribution is 2.27. The molecule has 0 N–H and O–H groups in total. The monoisotopic (exact) mass is 274 g/mol. The molecule has 0 amide bonds. The summed E-state index contributed by atoms with van der Waals surface area (Å²) in [6.07, 6.45) is 11.5. The Balaban J connectivity index is 3.08. The number of hydrogen-bond acceptors (Lipinski definition) is 0. The molecule has 0 aliphatic carbocycles. The average Bonchev–Trinajstić information content (AvgIpc) is 2.49. The third-order valence-electron chi connectivity index (χ3n) is 4.59. The first-order chi connectivity index (χ1) is 9.73. The lowest BCUT2D eigenvalue weighted by molar-refractivity contribution is 0.663. The van der Waals surface area contributed by atoms with E-state index in [0.29, 0.717) is 0 Å². The molecule has 0 heteroatoms. The number of aryl methyl sites for hydroxylation is 2. The van der Waals surface area contributed by atoms with Crippen molar-refractivity contribution in [2.24, 2.45) is 0 Å². The Hall–Kier alpha value is -0.780. The summed E-state index contributed by atoms with van der Waals surface area (Å²) in [5, 5.41) is 0. The van der Waals surface area contributed by atoms with E-state index < -0.39 is 0 Å². The zero-order valence-electron chi connectivity index (χ0n) is 14.4. The molecule has 0 fully saturated rings. The van der Waals surface area contributed by atoms with Gasteiger partial charge in [-0.25, -0.2) is 0 Å². The molecule has 0 saturated carbocycles. The number of rotatable bonds is 9. The van der Waals surface area contributed by atoms with E-state index in [2.05, 4.69) is 40.7 Å². The van der Waals surface area contributed by atoms with Crippen molar-refractivity contribution in [1.29, 1.82) is 0 Å². The molecule has 1 aromatic rings. The Morgan fingerprint density at radius 1 is 0.600 bits per heavy atom. The van der Waals surface area contributed by atoms with E-state index in [1.54, 1.807) is 27.8 Å². The maximum Gasteiger partial charge on any atom is -0.0276 e. The molecule has 0 radical (unpaired) electrons. The standard InChI is InChI=1S/C20H34/c1-6-11-12-13-14-17-15-16(7-2)18(8-3)20(10-5)19(17)9-4/h15H,6-14H2,1-5H3. The molecule has 0 unspecified atom stereocenters. The Morgan fingerprint density at radius 2 is 1.20 bits per heavy atom. The van der Waals surface area contributed by atoms with E-state index in [9.17, 15) is 0 Å². The quantitative estimate of drug-likeness (QED) is 0.480. The highest BCUT2D eigenvalue weighted by Gasteiger charge is 2.13. The van der Waals surface area contributed by atoms with Crippen LogP contribution < -0.4 is 0 Å². The van der Waals surface area contributed by atoms with Gasteiger partial charge < -0.3 is 0 Å². The highest BCUT2D eigenvalue weighted by atomic mass is 14.2. The minimum absolute atomic E-state index is 1.18. The summed E-state index contributed by atoms with van der Waals surface area (Å²) in [7, 11) is 0. The largest absolute Gasteiger partial charge is 0.0654 e. The van der Waals surface area contributed by atoms with Gasteiger partial charge >= 0.3 is 0 Å². The predicted molar refractivity (Wildman–Crippen MR) is 91.8 cm³/mol. The highest BCUT2D eigenvalue weighted by molar-refractivity contribution is 5.46. The minimum atomic E-state index is 1.18. The molecule has 1 aromatic carbocycles. The van der Waals surface area contributed by atoms with E-state index in [-0.39, 0.29) is 0 Å². The average molecular weight is 274 g/mol. The molecule has 20 heavy (non-hydrogen) atoms. The summed E-state index contributed by atoms with van der Waals surface area (Å²) < 4.78 is 0. The second kappa shape index (κ2) is 9.21. The van der Waals surface area contributed by atoms with E-state index in [1.807, 2.05) is 0 Å². The van der Waals surface area contributed by atoms with E-state index >= 15 is 0 Å². The molecule has 114 valence electrons. The van der Waals surface area contributed by atoms with Crippen molar-refractivity contribution in [2.45, 2.75) is 92.4 Å². The summed E-state index contributed by atoms with van der Waals surface area (Å²) >= 11 is 0. The molecule has 0 spiro atoms. The van der Waals surface area contributed by atoms with Gasteiger partial charge in [0, 0.05) is 0 Å². The van der Waals surface area contributed by atoms with Crippen molar-refractivity contribution in [3.05, 3.63) is 33.9 Å². The zero-order valence-corrected chi connectivity index (χ0v) is 14.4. The molecule has 0 bridgehead atoms. The van der Waals surface area contributed by atoms with Crippen LogP contribution in [0.15, 0.2) is 6.07 Å². The maximum atomic E-state index is 2.53. The van der Waals surface area contributed by atoms with Crippen LogP contribution in [0.2, 0.25) is 0 Å². The van der Waals surface area contributed by atoms with Crippen LogP contribution in [0.4, 0.5) is 0 Å². The molecular formula is C20H34. The second-order valence-electron chi connectivity index (χ2n) is 5.86. The van der Waals surface area contributed by atoms with Gasteiger partial charge in [0.15, 0.2) is 0 Å². The molecule has 0 saturated heterocycles. The summed E-state index contributed by atoms with van der Waals surface area (Å²) in [6.45, 7) is 11.6. The van der Waals surface area contributed by atoms with Gasteiger partial charge in [-0.1, -0.05) is 59.9 Å². The SMILES string of the molecule is CCCCCCc1cc(CC)c(CC)c(CC)c1CC. The normalized spacial score (nSPS) is 11.1. The summed E-state index contributed by atoms with van der Waals surface area (Å²) in [5.74, 6) is 0. The fourth-order valence-electron chi connectivity index (χ4n) is 3.54. The van der Waals surface area contributed by atoms with Gasteiger partial charge in [0.2, 0.25) is 0 Å². The van der Waals surface area contributed by atoms with Gasteiger partial charge in [-0.2, -0.15) is 0 Å². The van der Waals surface area contributed by atoms with Crippen molar-refractivity contribution >= 4 is 0 Å². The molecule has 0 aliphatic rings. The summed E-state index contributed by atoms with van der Waals surface area (Å²) in [5.41, 5.74) is 8.23. The van der Waals surface area contributed by atoms with Crippen LogP contribution in [-0.4, -0.2) is 0 Å². The van der Waals surface area contributed by atoms with Gasteiger partial charge in [-0.05, 0) is 66.3 Å². The van der Waals surface area contributed by atoms with Crippen LogP contribution in [0.25, 0.3) is 0 Å². The smallest absolute Gasteiger partial charge is 0.0276 e. The van der Waals surface area contributed by atoms with Crippen LogP contribution in [0.3, 0.4) is 0 Å². The van der Waals surface area contributed by atoms with Gasteiger partial charge in [0.25, 0.3) is 0 Å². The Morgan fingerprint density at radius 3 is 1.70 bits per heavy atom. The molecule has 0 atom stereocenters. The molecule has 0 nitrogen and oxygen atoms in total.